The highest BCUT2D eigenvalue weighted by Crippen LogP contribution is 2.27. The number of carboxylic acids is 1. The number of aromatic hydroxyl groups is 1. The molecule has 2 amide bonds. The smallest absolute Gasteiger partial charge is 0.305 e. The molecule has 0 fully saturated rings. The van der Waals surface area contributed by atoms with E-state index in [0.29, 0.717) is 19.4 Å². The van der Waals surface area contributed by atoms with Gasteiger partial charge in [0.1, 0.15) is 11.8 Å². The van der Waals surface area contributed by atoms with Crippen molar-refractivity contribution in [3.63, 3.8) is 0 Å². The van der Waals surface area contributed by atoms with Gasteiger partial charge in [0.25, 0.3) is 0 Å². The molecule has 3 N–H and O–H groups in total. The van der Waals surface area contributed by atoms with Crippen LogP contribution in [0.25, 0.3) is 0 Å². The van der Waals surface area contributed by atoms with E-state index in [1.165, 1.54) is 0 Å². The van der Waals surface area contributed by atoms with E-state index in [1.807, 2.05) is 57.1 Å². The Hall–Kier alpha value is -3.39. The molecule has 0 radical (unpaired) electrons. The first-order valence-electron chi connectivity index (χ1n) is 11.4. The lowest BCUT2D eigenvalue weighted by molar-refractivity contribution is -0.145. The maximum absolute atomic E-state index is 13.9. The van der Waals surface area contributed by atoms with Crippen LogP contribution in [0.5, 0.6) is 5.75 Å². The van der Waals surface area contributed by atoms with Gasteiger partial charge in [-0.3, -0.25) is 19.3 Å². The molecule has 1 aliphatic rings. The third-order valence-electron chi connectivity index (χ3n) is 6.46. The summed E-state index contributed by atoms with van der Waals surface area (Å²) in [6.07, 6.45) is 0.635. The third kappa shape index (κ3) is 5.75. The number of carbonyl (C=O) groups excluding carboxylic acids is 2. The molecule has 34 heavy (non-hydrogen) atoms. The minimum Gasteiger partial charge on any atom is -0.508 e. The summed E-state index contributed by atoms with van der Waals surface area (Å²) in [6, 6.07) is 9.90. The van der Waals surface area contributed by atoms with Crippen LogP contribution < -0.4 is 5.32 Å². The second-order valence-corrected chi connectivity index (χ2v) is 9.13. The number of carboxylic acid groups (broad SMARTS) is 1. The number of aliphatic carboxylic acids is 1. The van der Waals surface area contributed by atoms with E-state index in [4.69, 9.17) is 5.11 Å². The van der Waals surface area contributed by atoms with Gasteiger partial charge in [-0.1, -0.05) is 24.3 Å². The Kier molecular flexibility index (Phi) is 7.94. The number of aryl methyl sites for hydroxylation is 2. The maximum atomic E-state index is 13.9. The van der Waals surface area contributed by atoms with Crippen molar-refractivity contribution in [2.24, 2.45) is 0 Å². The summed E-state index contributed by atoms with van der Waals surface area (Å²) >= 11 is 0. The molecule has 182 valence electrons. The van der Waals surface area contributed by atoms with Gasteiger partial charge < -0.3 is 20.4 Å². The predicted molar refractivity (Wildman–Crippen MR) is 129 cm³/mol. The fraction of sp³-hybridized carbons (Fsp3) is 0.423. The number of benzene rings is 2. The zero-order chi connectivity index (χ0) is 25.0. The minimum atomic E-state index is -0.991. The van der Waals surface area contributed by atoms with Gasteiger partial charge >= 0.3 is 5.97 Å². The Morgan fingerprint density at radius 1 is 1.12 bits per heavy atom. The van der Waals surface area contributed by atoms with Gasteiger partial charge in [-0.2, -0.15) is 0 Å². The van der Waals surface area contributed by atoms with Gasteiger partial charge in [-0.25, -0.2) is 0 Å². The molecule has 0 saturated carbocycles. The van der Waals surface area contributed by atoms with Crippen LogP contribution in [0.3, 0.4) is 0 Å². The quantitative estimate of drug-likeness (QED) is 0.548. The Morgan fingerprint density at radius 3 is 2.32 bits per heavy atom. The van der Waals surface area contributed by atoms with Crippen molar-refractivity contribution in [1.29, 1.82) is 0 Å². The number of rotatable bonds is 8. The van der Waals surface area contributed by atoms with Gasteiger partial charge in [0.2, 0.25) is 11.8 Å². The van der Waals surface area contributed by atoms with Crippen LogP contribution in [-0.4, -0.2) is 70.5 Å². The monoisotopic (exact) mass is 467 g/mol. The molecule has 0 aromatic heterocycles. The third-order valence-corrected chi connectivity index (χ3v) is 6.46. The van der Waals surface area contributed by atoms with Crippen molar-refractivity contribution in [2.45, 2.75) is 51.7 Å². The molecular formula is C26H33N3O5. The van der Waals surface area contributed by atoms with Crippen LogP contribution >= 0.6 is 0 Å². The summed E-state index contributed by atoms with van der Waals surface area (Å²) in [4.78, 5) is 41.3. The summed E-state index contributed by atoms with van der Waals surface area (Å²) in [5, 5.41) is 21.5. The molecule has 8 heteroatoms. The largest absolute Gasteiger partial charge is 0.508 e. The van der Waals surface area contributed by atoms with E-state index in [0.717, 1.165) is 27.8 Å². The number of carbonyl (C=O) groups is 3. The van der Waals surface area contributed by atoms with Gasteiger partial charge in [0, 0.05) is 19.5 Å². The van der Waals surface area contributed by atoms with E-state index in [2.05, 4.69) is 5.32 Å². The number of hydrogen-bond acceptors (Lipinski definition) is 5. The molecule has 1 heterocycles. The Morgan fingerprint density at radius 2 is 1.74 bits per heavy atom. The van der Waals surface area contributed by atoms with Crippen molar-refractivity contribution in [2.75, 3.05) is 20.6 Å². The van der Waals surface area contributed by atoms with Crippen molar-refractivity contribution in [3.8, 4) is 5.75 Å². The summed E-state index contributed by atoms with van der Waals surface area (Å²) in [7, 11) is 3.68. The summed E-state index contributed by atoms with van der Waals surface area (Å²) in [5.41, 5.74) is 4.81. The van der Waals surface area contributed by atoms with E-state index < -0.39 is 18.1 Å². The average molecular weight is 468 g/mol. The molecular weight excluding hydrogens is 434 g/mol. The van der Waals surface area contributed by atoms with Gasteiger partial charge in [-0.15, -0.1) is 0 Å². The molecule has 1 aliphatic heterocycles. The number of nitrogens with zero attached hydrogens (tertiary/aromatic N) is 2. The SMILES string of the molecule is Cc1cc(O)cc(C)c1C[C@@H](C(=O)N1Cc2ccccc2C[C@H]1C(=O)NCCC(=O)O)N(C)C. The standard InChI is InChI=1S/C26H33N3O5/c1-16-11-20(30)12-17(2)21(16)14-23(28(3)4)26(34)29-15-19-8-6-5-7-18(19)13-22(29)25(33)27-10-9-24(31)32/h5-8,11-12,22-23,30H,9-10,13-15H2,1-4H3,(H,27,33)(H,31,32)/t22-,23-/m0/s1. The molecule has 0 saturated heterocycles. The first-order chi connectivity index (χ1) is 16.1. The second kappa shape index (κ2) is 10.7. The molecule has 0 spiro atoms. The Labute approximate surface area is 200 Å². The van der Waals surface area contributed by atoms with Crippen molar-refractivity contribution < 1.29 is 24.6 Å². The van der Waals surface area contributed by atoms with Crippen LogP contribution in [0.2, 0.25) is 0 Å². The summed E-state index contributed by atoms with van der Waals surface area (Å²) in [6.45, 7) is 4.14. The summed E-state index contributed by atoms with van der Waals surface area (Å²) < 4.78 is 0. The fourth-order valence-electron chi connectivity index (χ4n) is 4.57. The second-order valence-electron chi connectivity index (χ2n) is 9.13. The van der Waals surface area contributed by atoms with Crippen LogP contribution in [0.4, 0.5) is 0 Å². The van der Waals surface area contributed by atoms with Crippen LogP contribution in [-0.2, 0) is 33.8 Å². The van der Waals surface area contributed by atoms with E-state index in [9.17, 15) is 19.5 Å². The van der Waals surface area contributed by atoms with E-state index in [1.54, 1.807) is 17.0 Å². The Balaban J connectivity index is 1.90. The molecule has 2 atom stereocenters. The van der Waals surface area contributed by atoms with Crippen molar-refractivity contribution >= 4 is 17.8 Å². The molecule has 8 nitrogen and oxygen atoms in total. The van der Waals surface area contributed by atoms with Crippen LogP contribution in [0.15, 0.2) is 36.4 Å². The van der Waals surface area contributed by atoms with E-state index >= 15 is 0 Å². The molecule has 2 aromatic carbocycles. The first kappa shape index (κ1) is 25.2. The molecule has 2 aromatic rings. The number of hydrogen-bond donors (Lipinski definition) is 3. The average Bonchev–Trinajstić information content (AvgIpc) is 2.76. The van der Waals surface area contributed by atoms with Gasteiger partial charge in [0.15, 0.2) is 0 Å². The number of amides is 2. The zero-order valence-electron chi connectivity index (χ0n) is 20.2. The van der Waals surface area contributed by atoms with Crippen LogP contribution in [0, 0.1) is 13.8 Å². The lowest BCUT2D eigenvalue weighted by Crippen LogP contribution is -2.57. The number of phenolic OH excluding ortho intramolecular Hbond substituents is 1. The number of likely N-dealkylation sites (N-methyl/N-ethyl adjacent to an activating group) is 1. The molecule has 0 bridgehead atoms. The van der Waals surface area contributed by atoms with Crippen molar-refractivity contribution in [3.05, 3.63) is 64.2 Å². The predicted octanol–water partition coefficient (Wildman–Crippen LogP) is 2.03. The van der Waals surface area contributed by atoms with Crippen LogP contribution in [0.1, 0.15) is 34.2 Å². The molecule has 3 rings (SSSR count). The van der Waals surface area contributed by atoms with E-state index in [-0.39, 0.29) is 30.5 Å². The maximum Gasteiger partial charge on any atom is 0.305 e. The number of nitrogens with one attached hydrogen (secondary N) is 1. The topological polar surface area (TPSA) is 110 Å². The zero-order valence-corrected chi connectivity index (χ0v) is 20.2. The Bertz CT molecular complexity index is 1060. The van der Waals surface area contributed by atoms with Crippen molar-refractivity contribution in [1.82, 2.24) is 15.1 Å². The molecule has 0 aliphatic carbocycles. The highest BCUT2D eigenvalue weighted by molar-refractivity contribution is 5.91. The highest BCUT2D eigenvalue weighted by Gasteiger charge is 2.38. The normalized spacial score (nSPS) is 16.1. The highest BCUT2D eigenvalue weighted by atomic mass is 16.4. The summed E-state index contributed by atoms with van der Waals surface area (Å²) in [5.74, 6) is -1.31. The lowest BCUT2D eigenvalue weighted by Gasteiger charge is -2.39. The minimum absolute atomic E-state index is 0.0113. The number of phenols is 1. The molecule has 0 unspecified atom stereocenters. The van der Waals surface area contributed by atoms with Gasteiger partial charge in [-0.05, 0) is 74.3 Å². The lowest BCUT2D eigenvalue weighted by atomic mass is 9.91. The first-order valence-corrected chi connectivity index (χ1v) is 11.4. The van der Waals surface area contributed by atoms with Gasteiger partial charge in [0.05, 0.1) is 12.5 Å². The fourth-order valence-corrected chi connectivity index (χ4v) is 4.57. The number of fused-ring (bicyclic) bond motifs is 1.